The highest BCUT2D eigenvalue weighted by molar-refractivity contribution is 14.0. The first-order valence-electron chi connectivity index (χ1n) is 7.88. The molecule has 24 heavy (non-hydrogen) atoms. The quantitative estimate of drug-likeness (QED) is 0.362. The number of likely N-dealkylation sites (N-methyl/N-ethyl adjacent to an activating group) is 1. The van der Waals surface area contributed by atoms with Gasteiger partial charge >= 0.3 is 0 Å². The number of hydrogen-bond donors (Lipinski definition) is 2. The van der Waals surface area contributed by atoms with Gasteiger partial charge in [0.2, 0.25) is 0 Å². The lowest BCUT2D eigenvalue weighted by Crippen LogP contribution is -2.42. The van der Waals surface area contributed by atoms with Crippen molar-refractivity contribution in [3.05, 3.63) is 35.1 Å². The fraction of sp³-hybridized carbons (Fsp3) is 0.588. The van der Waals surface area contributed by atoms with Gasteiger partial charge in [0.1, 0.15) is 5.82 Å². The highest BCUT2D eigenvalue weighted by Crippen LogP contribution is 2.16. The number of halogens is 2. The molecule has 2 N–H and O–H groups in total. The summed E-state index contributed by atoms with van der Waals surface area (Å²) in [5.74, 6) is 0.525. The largest absolute Gasteiger partial charge is 0.383 e. The Bertz CT molecular complexity index is 513. The third-order valence-corrected chi connectivity index (χ3v) is 3.74. The number of nitrogens with zero attached hydrogens (tertiary/aromatic N) is 2. The van der Waals surface area contributed by atoms with Crippen molar-refractivity contribution in [3.63, 3.8) is 0 Å². The zero-order valence-electron chi connectivity index (χ0n) is 15.2. The Morgan fingerprint density at radius 2 is 2.08 bits per heavy atom. The van der Waals surface area contributed by atoms with Crippen LogP contribution in [0, 0.1) is 12.7 Å². The lowest BCUT2D eigenvalue weighted by molar-refractivity contribution is 0.162. The molecule has 1 rings (SSSR count). The van der Waals surface area contributed by atoms with Gasteiger partial charge in [0.05, 0.1) is 12.6 Å². The van der Waals surface area contributed by atoms with E-state index < -0.39 is 0 Å². The van der Waals surface area contributed by atoms with Gasteiger partial charge in [0.15, 0.2) is 5.96 Å². The van der Waals surface area contributed by atoms with Crippen LogP contribution < -0.4 is 10.6 Å². The Kier molecular flexibility index (Phi) is 12.0. The van der Waals surface area contributed by atoms with Crippen molar-refractivity contribution in [2.45, 2.75) is 19.9 Å². The van der Waals surface area contributed by atoms with Gasteiger partial charge in [-0.05, 0) is 38.1 Å². The van der Waals surface area contributed by atoms with E-state index >= 15 is 0 Å². The lowest BCUT2D eigenvalue weighted by atomic mass is 10.1. The molecule has 1 unspecified atom stereocenters. The summed E-state index contributed by atoms with van der Waals surface area (Å²) >= 11 is 0. The number of methoxy groups -OCH3 is 1. The number of hydrogen-bond acceptors (Lipinski definition) is 3. The maximum absolute atomic E-state index is 13.7. The molecule has 0 amide bonds. The van der Waals surface area contributed by atoms with Crippen molar-refractivity contribution in [1.29, 1.82) is 0 Å². The van der Waals surface area contributed by atoms with Crippen LogP contribution in [0.25, 0.3) is 0 Å². The second-order valence-electron chi connectivity index (χ2n) is 5.67. The molecule has 0 bridgehead atoms. The van der Waals surface area contributed by atoms with E-state index in [4.69, 9.17) is 4.74 Å². The first kappa shape index (κ1) is 23.1. The molecule has 0 aliphatic heterocycles. The normalized spacial score (nSPS) is 12.7. The summed E-state index contributed by atoms with van der Waals surface area (Å²) in [4.78, 5) is 6.39. The summed E-state index contributed by atoms with van der Waals surface area (Å²) in [6, 6.07) is 5.27. The third kappa shape index (κ3) is 8.25. The molecule has 7 heteroatoms. The molecule has 5 nitrogen and oxygen atoms in total. The molecule has 1 aromatic rings. The standard InChI is InChI=1S/C17H29FN4O.HI/c1-13-6-7-15(12-16(13)18)14(2)21-17(19-3)20-8-9-22(4)10-11-23-5;/h6-7,12,14H,8-11H2,1-5H3,(H2,19,20,21);1H. The summed E-state index contributed by atoms with van der Waals surface area (Å²) in [6.07, 6.45) is 0. The van der Waals surface area contributed by atoms with Crippen LogP contribution in [0.15, 0.2) is 23.2 Å². The van der Waals surface area contributed by atoms with E-state index in [9.17, 15) is 4.39 Å². The Balaban J connectivity index is 0.00000529. The van der Waals surface area contributed by atoms with Gasteiger partial charge < -0.3 is 20.3 Å². The zero-order valence-corrected chi connectivity index (χ0v) is 17.6. The summed E-state index contributed by atoms with van der Waals surface area (Å²) in [7, 11) is 5.48. The summed E-state index contributed by atoms with van der Waals surface area (Å²) in [5.41, 5.74) is 1.55. The van der Waals surface area contributed by atoms with E-state index in [-0.39, 0.29) is 35.8 Å². The van der Waals surface area contributed by atoms with Crippen molar-refractivity contribution in [3.8, 4) is 0 Å². The van der Waals surface area contributed by atoms with E-state index in [1.54, 1.807) is 33.2 Å². The smallest absolute Gasteiger partial charge is 0.191 e. The number of aliphatic imine (C=N–C) groups is 1. The predicted octanol–water partition coefficient (Wildman–Crippen LogP) is 2.56. The van der Waals surface area contributed by atoms with Gasteiger partial charge in [0, 0.05) is 33.8 Å². The molecule has 0 saturated heterocycles. The number of nitrogens with one attached hydrogen (secondary N) is 2. The monoisotopic (exact) mass is 452 g/mol. The molecular weight excluding hydrogens is 422 g/mol. The highest BCUT2D eigenvalue weighted by Gasteiger charge is 2.09. The minimum absolute atomic E-state index is 0. The second kappa shape index (κ2) is 12.4. The molecule has 1 aromatic carbocycles. The number of aryl methyl sites for hydroxylation is 1. The second-order valence-corrected chi connectivity index (χ2v) is 5.67. The Hall–Kier alpha value is -0.930. The Labute approximate surface area is 162 Å². The minimum Gasteiger partial charge on any atom is -0.383 e. The SMILES string of the molecule is CN=C(NCCN(C)CCOC)NC(C)c1ccc(C)c(F)c1.I. The van der Waals surface area contributed by atoms with E-state index in [0.29, 0.717) is 11.5 Å². The summed E-state index contributed by atoms with van der Waals surface area (Å²) in [6.45, 7) is 7.02. The van der Waals surface area contributed by atoms with Crippen molar-refractivity contribution in [2.75, 3.05) is 47.4 Å². The first-order chi connectivity index (χ1) is 11.0. The van der Waals surface area contributed by atoms with Crippen LogP contribution in [0.4, 0.5) is 4.39 Å². The highest BCUT2D eigenvalue weighted by atomic mass is 127. The molecule has 0 spiro atoms. The van der Waals surface area contributed by atoms with E-state index in [1.807, 2.05) is 13.0 Å². The van der Waals surface area contributed by atoms with Crippen molar-refractivity contribution >= 4 is 29.9 Å². The molecule has 0 aromatic heterocycles. The van der Waals surface area contributed by atoms with Crippen molar-refractivity contribution < 1.29 is 9.13 Å². The van der Waals surface area contributed by atoms with E-state index in [0.717, 1.165) is 31.8 Å². The molecule has 0 saturated carbocycles. The van der Waals surface area contributed by atoms with Gasteiger partial charge in [-0.15, -0.1) is 24.0 Å². The van der Waals surface area contributed by atoms with Gasteiger partial charge in [0.25, 0.3) is 0 Å². The summed E-state index contributed by atoms with van der Waals surface area (Å²) in [5, 5.41) is 6.54. The van der Waals surface area contributed by atoms with Gasteiger partial charge in [-0.1, -0.05) is 12.1 Å². The Morgan fingerprint density at radius 1 is 1.38 bits per heavy atom. The van der Waals surface area contributed by atoms with E-state index in [1.165, 1.54) is 0 Å². The maximum atomic E-state index is 13.7. The number of ether oxygens (including phenoxy) is 1. The average Bonchev–Trinajstić information content (AvgIpc) is 2.54. The molecular formula is C17H30FIN4O. The molecule has 1 atom stereocenters. The minimum atomic E-state index is -0.182. The Morgan fingerprint density at radius 3 is 2.67 bits per heavy atom. The van der Waals surface area contributed by atoms with Crippen LogP contribution in [0.5, 0.6) is 0 Å². The van der Waals surface area contributed by atoms with Crippen molar-refractivity contribution in [2.24, 2.45) is 4.99 Å². The molecule has 0 aliphatic rings. The number of benzene rings is 1. The van der Waals surface area contributed by atoms with Crippen LogP contribution in [0.3, 0.4) is 0 Å². The van der Waals surface area contributed by atoms with Crippen molar-refractivity contribution in [1.82, 2.24) is 15.5 Å². The lowest BCUT2D eigenvalue weighted by Gasteiger charge is -2.20. The van der Waals surface area contributed by atoms with Gasteiger partial charge in [-0.3, -0.25) is 4.99 Å². The van der Waals surface area contributed by atoms with Gasteiger partial charge in [-0.2, -0.15) is 0 Å². The van der Waals surface area contributed by atoms with Crippen LogP contribution in [0.2, 0.25) is 0 Å². The van der Waals surface area contributed by atoms with Crippen LogP contribution in [-0.2, 0) is 4.74 Å². The van der Waals surface area contributed by atoms with E-state index in [2.05, 4.69) is 27.6 Å². The maximum Gasteiger partial charge on any atom is 0.191 e. The average molecular weight is 452 g/mol. The summed E-state index contributed by atoms with van der Waals surface area (Å²) < 4.78 is 18.7. The fourth-order valence-corrected chi connectivity index (χ4v) is 2.09. The van der Waals surface area contributed by atoms with Crippen LogP contribution in [0.1, 0.15) is 24.1 Å². The first-order valence-corrected chi connectivity index (χ1v) is 7.88. The topological polar surface area (TPSA) is 48.9 Å². The fourth-order valence-electron chi connectivity index (χ4n) is 2.09. The molecule has 0 heterocycles. The zero-order chi connectivity index (χ0) is 17.2. The molecule has 0 radical (unpaired) electrons. The van der Waals surface area contributed by atoms with Crippen LogP contribution in [-0.4, -0.2) is 58.3 Å². The number of guanidine groups is 1. The van der Waals surface area contributed by atoms with Gasteiger partial charge in [-0.25, -0.2) is 4.39 Å². The molecule has 0 fully saturated rings. The molecule has 0 aliphatic carbocycles. The third-order valence-electron chi connectivity index (χ3n) is 3.74. The predicted molar refractivity (Wildman–Crippen MR) is 109 cm³/mol. The number of rotatable bonds is 8. The molecule has 138 valence electrons. The van der Waals surface area contributed by atoms with Crippen LogP contribution >= 0.6 is 24.0 Å².